The molecule has 10 heteroatoms. The van der Waals surface area contributed by atoms with E-state index in [0.29, 0.717) is 70.8 Å². The minimum Gasteiger partial charge on any atom is -0.381 e. The summed E-state index contributed by atoms with van der Waals surface area (Å²) >= 11 is 0. The van der Waals surface area contributed by atoms with E-state index in [-0.39, 0.29) is 23.7 Å². The van der Waals surface area contributed by atoms with Crippen LogP contribution in [-0.4, -0.2) is 75.1 Å². The maximum Gasteiger partial charge on any atom is 0.417 e. The standard InChI is InChI=1S/C25H31F3N4O3/c1-30(2)23(34)21-15-32(22(33)17-5-11-35-12-6-17)16-24(21)7-9-31(10-8-24)19-4-3-18(14-29)20(13-19)25(26,27)28/h3-4,13,17,21H,5-12,15-16H2,1-2H3. The molecule has 1 aromatic carbocycles. The van der Waals surface area contributed by atoms with Crippen molar-refractivity contribution in [1.82, 2.24) is 9.80 Å². The zero-order valence-corrected chi connectivity index (χ0v) is 20.1. The highest BCUT2D eigenvalue weighted by Crippen LogP contribution is 2.47. The minimum absolute atomic E-state index is 0.0153. The average molecular weight is 493 g/mol. The van der Waals surface area contributed by atoms with Crippen molar-refractivity contribution >= 4 is 17.5 Å². The molecule has 190 valence electrons. The molecule has 0 saturated carbocycles. The second-order valence-electron chi connectivity index (χ2n) is 10.1. The normalized spacial score (nSPS) is 22.8. The summed E-state index contributed by atoms with van der Waals surface area (Å²) in [7, 11) is 3.42. The average Bonchev–Trinajstić information content (AvgIpc) is 3.21. The molecule has 1 aromatic rings. The predicted molar refractivity (Wildman–Crippen MR) is 122 cm³/mol. The lowest BCUT2D eigenvalue weighted by atomic mass is 9.70. The molecule has 1 atom stereocenters. The van der Waals surface area contributed by atoms with Crippen molar-refractivity contribution in [2.24, 2.45) is 17.3 Å². The molecule has 3 aliphatic heterocycles. The first-order chi connectivity index (χ1) is 16.6. The molecule has 0 aliphatic carbocycles. The smallest absolute Gasteiger partial charge is 0.381 e. The third kappa shape index (κ3) is 4.96. The summed E-state index contributed by atoms with van der Waals surface area (Å²) in [5.41, 5.74) is -1.33. The molecule has 0 radical (unpaired) electrons. The van der Waals surface area contributed by atoms with Gasteiger partial charge in [-0.2, -0.15) is 18.4 Å². The Morgan fingerprint density at radius 1 is 1.17 bits per heavy atom. The zero-order valence-electron chi connectivity index (χ0n) is 20.1. The van der Waals surface area contributed by atoms with Crippen LogP contribution in [0, 0.1) is 28.6 Å². The van der Waals surface area contributed by atoms with Crippen LogP contribution in [0.2, 0.25) is 0 Å². The largest absolute Gasteiger partial charge is 0.417 e. The van der Waals surface area contributed by atoms with Crippen LogP contribution >= 0.6 is 0 Å². The molecule has 1 spiro atoms. The highest BCUT2D eigenvalue weighted by Gasteiger charge is 2.53. The molecule has 2 amide bonds. The highest BCUT2D eigenvalue weighted by molar-refractivity contribution is 5.84. The Morgan fingerprint density at radius 3 is 2.40 bits per heavy atom. The summed E-state index contributed by atoms with van der Waals surface area (Å²) in [4.78, 5) is 31.7. The van der Waals surface area contributed by atoms with E-state index in [1.54, 1.807) is 31.1 Å². The number of ether oxygens (including phenoxy) is 1. The molecule has 0 N–H and O–H groups in total. The number of carbonyl (C=O) groups is 2. The lowest BCUT2D eigenvalue weighted by Crippen LogP contribution is -2.48. The number of alkyl halides is 3. The van der Waals surface area contributed by atoms with E-state index in [4.69, 9.17) is 10.00 Å². The number of hydrogen-bond acceptors (Lipinski definition) is 5. The van der Waals surface area contributed by atoms with Gasteiger partial charge in [-0.25, -0.2) is 0 Å². The van der Waals surface area contributed by atoms with Gasteiger partial charge in [0.05, 0.1) is 23.1 Å². The molecule has 35 heavy (non-hydrogen) atoms. The first-order valence-corrected chi connectivity index (χ1v) is 12.0. The number of likely N-dealkylation sites (tertiary alicyclic amines) is 1. The van der Waals surface area contributed by atoms with Crippen molar-refractivity contribution in [3.05, 3.63) is 29.3 Å². The molecule has 3 heterocycles. The number of nitriles is 1. The van der Waals surface area contributed by atoms with Gasteiger partial charge in [0.25, 0.3) is 0 Å². The Bertz CT molecular complexity index is 1010. The number of benzene rings is 1. The topological polar surface area (TPSA) is 76.9 Å². The minimum atomic E-state index is -4.61. The lowest BCUT2D eigenvalue weighted by molar-refractivity contribution is -0.139. The molecule has 1 unspecified atom stereocenters. The van der Waals surface area contributed by atoms with Gasteiger partial charge in [0.2, 0.25) is 11.8 Å². The van der Waals surface area contributed by atoms with E-state index < -0.39 is 22.7 Å². The van der Waals surface area contributed by atoms with Gasteiger partial charge in [0.1, 0.15) is 0 Å². The Morgan fingerprint density at radius 2 is 1.83 bits per heavy atom. The van der Waals surface area contributed by atoms with Crippen molar-refractivity contribution in [3.8, 4) is 6.07 Å². The number of amides is 2. The lowest BCUT2D eigenvalue weighted by Gasteiger charge is -2.43. The fourth-order valence-electron chi connectivity index (χ4n) is 5.77. The Labute approximate surface area is 203 Å². The van der Waals surface area contributed by atoms with E-state index in [2.05, 4.69) is 0 Å². The van der Waals surface area contributed by atoms with Crippen molar-refractivity contribution in [3.63, 3.8) is 0 Å². The van der Waals surface area contributed by atoms with Crippen LogP contribution in [0.5, 0.6) is 0 Å². The SMILES string of the molecule is CN(C)C(=O)C1CN(C(=O)C2CCOCC2)CC12CCN(c1ccc(C#N)c(C(F)(F)F)c1)CC2. The summed E-state index contributed by atoms with van der Waals surface area (Å²) < 4.78 is 45.7. The number of carbonyl (C=O) groups excluding carboxylic acids is 2. The van der Waals surface area contributed by atoms with Gasteiger partial charge in [-0.15, -0.1) is 0 Å². The summed E-state index contributed by atoms with van der Waals surface area (Å²) in [6, 6.07) is 5.41. The highest BCUT2D eigenvalue weighted by atomic mass is 19.4. The first kappa shape index (κ1) is 25.3. The van der Waals surface area contributed by atoms with Crippen LogP contribution < -0.4 is 4.90 Å². The molecule has 7 nitrogen and oxygen atoms in total. The van der Waals surface area contributed by atoms with Crippen molar-refractivity contribution < 1.29 is 27.5 Å². The van der Waals surface area contributed by atoms with Gasteiger partial charge in [0.15, 0.2) is 0 Å². The summed E-state index contributed by atoms with van der Waals surface area (Å²) in [5, 5.41) is 9.07. The van der Waals surface area contributed by atoms with Gasteiger partial charge >= 0.3 is 6.18 Å². The summed E-state index contributed by atoms with van der Waals surface area (Å²) in [6.07, 6.45) is -2.06. The quantitative estimate of drug-likeness (QED) is 0.648. The van der Waals surface area contributed by atoms with Crippen LogP contribution in [-0.2, 0) is 20.5 Å². The second-order valence-corrected chi connectivity index (χ2v) is 10.1. The van der Waals surface area contributed by atoms with Crippen molar-refractivity contribution in [2.45, 2.75) is 31.9 Å². The van der Waals surface area contributed by atoms with Gasteiger partial charge in [-0.1, -0.05) is 0 Å². The van der Waals surface area contributed by atoms with Gasteiger partial charge in [-0.3, -0.25) is 9.59 Å². The maximum absolute atomic E-state index is 13.5. The molecule has 4 rings (SSSR count). The zero-order chi connectivity index (χ0) is 25.4. The van der Waals surface area contributed by atoms with E-state index in [1.165, 1.54) is 6.07 Å². The number of hydrogen-bond donors (Lipinski definition) is 0. The third-order valence-corrected chi connectivity index (χ3v) is 7.82. The number of halogens is 3. The van der Waals surface area contributed by atoms with Gasteiger partial charge < -0.3 is 19.4 Å². The maximum atomic E-state index is 13.5. The van der Waals surface area contributed by atoms with E-state index >= 15 is 0 Å². The number of piperidine rings is 1. The number of anilines is 1. The van der Waals surface area contributed by atoms with Gasteiger partial charge in [0, 0.05) is 70.5 Å². The van der Waals surface area contributed by atoms with E-state index in [9.17, 15) is 22.8 Å². The van der Waals surface area contributed by atoms with Crippen LogP contribution in [0.4, 0.5) is 18.9 Å². The second kappa shape index (κ2) is 9.69. The Balaban J connectivity index is 1.53. The Hall–Kier alpha value is -2.80. The van der Waals surface area contributed by atoms with Crippen molar-refractivity contribution in [1.29, 1.82) is 5.26 Å². The number of rotatable bonds is 3. The molecule has 3 aliphatic rings. The van der Waals surface area contributed by atoms with Crippen LogP contribution in [0.1, 0.15) is 36.8 Å². The predicted octanol–water partition coefficient (Wildman–Crippen LogP) is 3.14. The summed E-state index contributed by atoms with van der Waals surface area (Å²) in [5.74, 6) is -0.367. The monoisotopic (exact) mass is 492 g/mol. The van der Waals surface area contributed by atoms with Crippen molar-refractivity contribution in [2.75, 3.05) is 58.4 Å². The fraction of sp³-hybridized carbons (Fsp3) is 0.640. The third-order valence-electron chi connectivity index (χ3n) is 7.82. The van der Waals surface area contributed by atoms with E-state index in [0.717, 1.165) is 6.07 Å². The molecule has 0 aromatic heterocycles. The Kier molecular flexibility index (Phi) is 7.00. The number of nitrogens with zero attached hydrogens (tertiary/aromatic N) is 4. The van der Waals surface area contributed by atoms with E-state index in [1.807, 2.05) is 9.80 Å². The first-order valence-electron chi connectivity index (χ1n) is 12.0. The van der Waals surface area contributed by atoms with Crippen LogP contribution in [0.25, 0.3) is 0 Å². The molecule has 0 bridgehead atoms. The molecule has 3 fully saturated rings. The molecule has 3 saturated heterocycles. The summed E-state index contributed by atoms with van der Waals surface area (Å²) in [6.45, 7) is 2.94. The van der Waals surface area contributed by atoms with Crippen LogP contribution in [0.3, 0.4) is 0 Å². The fourth-order valence-corrected chi connectivity index (χ4v) is 5.77. The molecular formula is C25H31F3N4O3. The molecular weight excluding hydrogens is 461 g/mol. The van der Waals surface area contributed by atoms with Crippen LogP contribution in [0.15, 0.2) is 18.2 Å². The van der Waals surface area contributed by atoms with Gasteiger partial charge in [-0.05, 0) is 43.9 Å².